The zero-order chi connectivity index (χ0) is 24.3. The Hall–Kier alpha value is -0.880. The summed E-state index contributed by atoms with van der Waals surface area (Å²) in [4.78, 5) is 4.90. The van der Waals surface area contributed by atoms with Gasteiger partial charge in [0.05, 0.1) is 0 Å². The summed E-state index contributed by atoms with van der Waals surface area (Å²) in [5.74, 6) is 0. The van der Waals surface area contributed by atoms with Crippen LogP contribution in [0.3, 0.4) is 0 Å². The molecule has 1 aliphatic heterocycles. The lowest BCUT2D eigenvalue weighted by molar-refractivity contribution is 0.156. The van der Waals surface area contributed by atoms with E-state index in [4.69, 9.17) is 60.3 Å². The van der Waals surface area contributed by atoms with E-state index in [9.17, 15) is 0 Å². The fourth-order valence-corrected chi connectivity index (χ4v) is 2.17. The molecule has 29 heavy (non-hydrogen) atoms. The highest BCUT2D eigenvalue weighted by molar-refractivity contribution is 6.31. The first kappa shape index (κ1) is 35.5. The summed E-state index contributed by atoms with van der Waals surface area (Å²) in [6.45, 7) is 10.1. The Morgan fingerprint density at radius 1 is 0.655 bits per heavy atom. The highest BCUT2D eigenvalue weighted by Gasteiger charge is 2.29. The molecule has 0 aromatic heterocycles. The van der Waals surface area contributed by atoms with Crippen LogP contribution in [0.4, 0.5) is 0 Å². The van der Waals surface area contributed by atoms with Gasteiger partial charge in [-0.2, -0.15) is 0 Å². The Bertz CT molecular complexity index is 358. The first-order valence-corrected chi connectivity index (χ1v) is 8.40. The minimum Gasteiger partial charge on any atom is -0.402 e. The predicted octanol–water partition coefficient (Wildman–Crippen LogP) is -5.58. The van der Waals surface area contributed by atoms with Crippen LogP contribution in [0, 0.1) is 0 Å². The van der Waals surface area contributed by atoms with Crippen molar-refractivity contribution in [3.8, 4) is 0 Å². The molecular formula is C11H34B4N2O12. The molecule has 0 bridgehead atoms. The maximum absolute atomic E-state index is 7.17. The predicted molar refractivity (Wildman–Crippen MR) is 107 cm³/mol. The van der Waals surface area contributed by atoms with Crippen LogP contribution in [-0.2, 0) is 0 Å². The van der Waals surface area contributed by atoms with E-state index in [-0.39, 0.29) is 0 Å². The van der Waals surface area contributed by atoms with E-state index in [2.05, 4.69) is 44.5 Å². The van der Waals surface area contributed by atoms with Crippen LogP contribution in [0.1, 0.15) is 40.5 Å². The van der Waals surface area contributed by atoms with Crippen LogP contribution in [0.5, 0.6) is 0 Å². The Morgan fingerprint density at radius 2 is 0.931 bits per heavy atom. The van der Waals surface area contributed by atoms with Crippen LogP contribution in [-0.4, -0.2) is 119 Å². The summed E-state index contributed by atoms with van der Waals surface area (Å²) in [6.07, 6.45) is 3.13. The van der Waals surface area contributed by atoms with E-state index in [0.29, 0.717) is 6.17 Å². The average molecular weight is 430 g/mol. The summed E-state index contributed by atoms with van der Waals surface area (Å²) >= 11 is 0. The molecule has 18 heteroatoms. The van der Waals surface area contributed by atoms with Crippen molar-refractivity contribution in [2.24, 2.45) is 0 Å². The molecule has 1 atom stereocenters. The molecule has 1 heterocycles. The molecule has 1 rings (SSSR count). The van der Waals surface area contributed by atoms with Crippen LogP contribution in [0.2, 0.25) is 0 Å². The van der Waals surface area contributed by atoms with Crippen molar-refractivity contribution in [2.75, 3.05) is 13.6 Å². The van der Waals surface area contributed by atoms with E-state index < -0.39 is 29.3 Å². The zero-order valence-corrected chi connectivity index (χ0v) is 17.3. The van der Waals surface area contributed by atoms with Gasteiger partial charge in [0.25, 0.3) is 0 Å². The molecule has 14 nitrogen and oxygen atoms in total. The minimum atomic E-state index is -2.17. The van der Waals surface area contributed by atoms with Gasteiger partial charge in [-0.3, -0.25) is 0 Å². The van der Waals surface area contributed by atoms with Crippen molar-refractivity contribution >= 4 is 29.3 Å². The van der Waals surface area contributed by atoms with E-state index in [0.717, 1.165) is 6.54 Å². The molecule has 0 saturated heterocycles. The molecule has 0 fully saturated rings. The standard InChI is InChI=1S/C11H22N2.4BH3O3/c1-6-8-11-12(5)9(3)10(4)13(11)7-2;4*2-1(3)4/h11H,6-8H2,1-5H3;4*2-4H. The monoisotopic (exact) mass is 430 g/mol. The third kappa shape index (κ3) is 29.4. The molecule has 0 radical (unpaired) electrons. The Balaban J connectivity index is -0.000000162. The first-order valence-electron chi connectivity index (χ1n) is 8.40. The normalized spacial score (nSPS) is 14.2. The molecule has 12 N–H and O–H groups in total. The zero-order valence-electron chi connectivity index (χ0n) is 17.3. The highest BCUT2D eigenvalue weighted by atomic mass is 16.5. The minimum absolute atomic E-state index is 0.606. The second-order valence-corrected chi connectivity index (χ2v) is 5.22. The van der Waals surface area contributed by atoms with Crippen molar-refractivity contribution < 1.29 is 60.3 Å². The summed E-state index contributed by atoms with van der Waals surface area (Å²) in [5, 5.41) is 86.0. The van der Waals surface area contributed by atoms with Gasteiger partial charge in [-0.1, -0.05) is 13.3 Å². The van der Waals surface area contributed by atoms with Gasteiger partial charge in [-0.05, 0) is 27.2 Å². The average Bonchev–Trinajstić information content (AvgIpc) is 2.69. The lowest BCUT2D eigenvalue weighted by Gasteiger charge is -2.31. The highest BCUT2D eigenvalue weighted by Crippen LogP contribution is 2.29. The fraction of sp³-hybridized carbons (Fsp3) is 0.818. The number of nitrogens with zero attached hydrogens (tertiary/aromatic N) is 2. The van der Waals surface area contributed by atoms with E-state index in [1.54, 1.807) is 0 Å². The van der Waals surface area contributed by atoms with Crippen LogP contribution < -0.4 is 0 Å². The molecule has 172 valence electrons. The van der Waals surface area contributed by atoms with Gasteiger partial charge in [-0.15, -0.1) is 0 Å². The second kappa shape index (κ2) is 21.8. The van der Waals surface area contributed by atoms with Gasteiger partial charge in [0.1, 0.15) is 6.17 Å². The van der Waals surface area contributed by atoms with E-state index in [1.807, 2.05) is 0 Å². The van der Waals surface area contributed by atoms with E-state index >= 15 is 0 Å². The smallest absolute Gasteiger partial charge is 0.402 e. The van der Waals surface area contributed by atoms with Gasteiger partial charge in [0, 0.05) is 25.0 Å². The van der Waals surface area contributed by atoms with Gasteiger partial charge < -0.3 is 70.1 Å². The van der Waals surface area contributed by atoms with Crippen molar-refractivity contribution in [1.82, 2.24) is 9.80 Å². The Morgan fingerprint density at radius 3 is 1.14 bits per heavy atom. The first-order chi connectivity index (χ1) is 13.1. The third-order valence-electron chi connectivity index (χ3n) is 3.18. The molecular weight excluding hydrogens is 395 g/mol. The van der Waals surface area contributed by atoms with E-state index in [1.165, 1.54) is 24.2 Å². The van der Waals surface area contributed by atoms with Gasteiger partial charge in [-0.25, -0.2) is 0 Å². The third-order valence-corrected chi connectivity index (χ3v) is 3.18. The van der Waals surface area contributed by atoms with Gasteiger partial charge in [0.15, 0.2) is 0 Å². The number of allylic oxidation sites excluding steroid dienone is 2. The Kier molecular flexibility index (Phi) is 26.7. The molecule has 0 aromatic carbocycles. The van der Waals surface area contributed by atoms with Crippen molar-refractivity contribution in [2.45, 2.75) is 46.7 Å². The van der Waals surface area contributed by atoms with Crippen molar-refractivity contribution in [3.63, 3.8) is 0 Å². The molecule has 0 aromatic rings. The maximum Gasteiger partial charge on any atom is 0.631 e. The quantitative estimate of drug-likeness (QED) is 0.187. The summed E-state index contributed by atoms with van der Waals surface area (Å²) in [6, 6.07) is 0. The lowest BCUT2D eigenvalue weighted by Crippen LogP contribution is -2.37. The molecule has 0 saturated carbocycles. The number of hydrogen-bond acceptors (Lipinski definition) is 14. The second-order valence-electron chi connectivity index (χ2n) is 5.22. The Labute approximate surface area is 171 Å². The SMILES string of the molecule is CCCC1N(C)C(C)=C(C)N1CC.OB(O)O.OB(O)O.OB(O)O.OB(O)O. The summed E-state index contributed by atoms with van der Waals surface area (Å²) in [5.41, 5.74) is 2.88. The van der Waals surface area contributed by atoms with Crippen LogP contribution in [0.25, 0.3) is 0 Å². The van der Waals surface area contributed by atoms with Gasteiger partial charge >= 0.3 is 29.3 Å². The molecule has 0 aliphatic carbocycles. The molecule has 1 aliphatic rings. The summed E-state index contributed by atoms with van der Waals surface area (Å²) < 4.78 is 0. The van der Waals surface area contributed by atoms with Gasteiger partial charge in [0.2, 0.25) is 0 Å². The fourth-order valence-electron chi connectivity index (χ4n) is 2.17. The molecule has 0 amide bonds. The lowest BCUT2D eigenvalue weighted by atomic mass is 10.2. The number of hydrogen-bond donors (Lipinski definition) is 12. The number of rotatable bonds is 3. The molecule has 1 unspecified atom stereocenters. The van der Waals surface area contributed by atoms with Crippen molar-refractivity contribution in [1.29, 1.82) is 0 Å². The van der Waals surface area contributed by atoms with Crippen LogP contribution in [0.15, 0.2) is 11.4 Å². The maximum atomic E-state index is 7.17. The van der Waals surface area contributed by atoms with Crippen molar-refractivity contribution in [3.05, 3.63) is 11.4 Å². The summed E-state index contributed by atoms with van der Waals surface area (Å²) in [7, 11) is -6.46. The topological polar surface area (TPSA) is 249 Å². The van der Waals surface area contributed by atoms with Crippen LogP contribution >= 0.6 is 0 Å². The largest absolute Gasteiger partial charge is 0.631 e. The molecule has 0 spiro atoms.